The van der Waals surface area contributed by atoms with Crippen LogP contribution in [-0.2, 0) is 34.9 Å². The van der Waals surface area contributed by atoms with Gasteiger partial charge in [0, 0.05) is 0 Å². The second-order valence-corrected chi connectivity index (χ2v) is 11.7. The molecule has 3 atom stereocenters. The lowest BCUT2D eigenvalue weighted by Gasteiger charge is -2.18. The highest BCUT2D eigenvalue weighted by molar-refractivity contribution is 7.42. The van der Waals surface area contributed by atoms with Crippen LogP contribution >= 0.6 is 7.95 Å². The molecule has 0 amide bonds. The first-order valence-corrected chi connectivity index (χ1v) is 15.2. The summed E-state index contributed by atoms with van der Waals surface area (Å²) < 4.78 is 30.1. The van der Waals surface area contributed by atoms with Crippen molar-refractivity contribution in [2.45, 2.75) is 110 Å². The number of fused-ring (bicyclic) bond motifs is 1. The molecule has 1 saturated carbocycles. The van der Waals surface area contributed by atoms with Gasteiger partial charge in [-0.05, 0) is 64.4 Å². The highest BCUT2D eigenvalue weighted by Gasteiger charge is 2.37. The van der Waals surface area contributed by atoms with E-state index < -0.39 is 31.5 Å². The van der Waals surface area contributed by atoms with Crippen molar-refractivity contribution in [1.82, 2.24) is 24.6 Å². The molecule has 0 bridgehead atoms. The van der Waals surface area contributed by atoms with E-state index in [4.69, 9.17) is 25.1 Å². The zero-order valence-electron chi connectivity index (χ0n) is 24.2. The molecule has 0 radical (unpaired) electrons. The average Bonchev–Trinajstić information content (AvgIpc) is 3.56. The normalized spacial score (nSPS) is 15.7. The van der Waals surface area contributed by atoms with Crippen LogP contribution in [0, 0.1) is 0 Å². The van der Waals surface area contributed by atoms with Gasteiger partial charge in [0.15, 0.2) is 17.0 Å². The fourth-order valence-electron chi connectivity index (χ4n) is 3.91. The molecule has 3 rings (SSSR count). The van der Waals surface area contributed by atoms with Crippen molar-refractivity contribution in [3.05, 3.63) is 12.7 Å². The summed E-state index contributed by atoms with van der Waals surface area (Å²) in [6, 6.07) is 0. The van der Waals surface area contributed by atoms with Crippen LogP contribution in [0.15, 0.2) is 12.7 Å². The van der Waals surface area contributed by atoms with Crippen molar-refractivity contribution >= 4 is 36.9 Å². The summed E-state index contributed by atoms with van der Waals surface area (Å²) in [5.41, 5.74) is 5.88. The fourth-order valence-corrected chi connectivity index (χ4v) is 5.08. The molecule has 0 aromatic carbocycles. The van der Waals surface area contributed by atoms with Crippen LogP contribution in [0.3, 0.4) is 0 Å². The summed E-state index contributed by atoms with van der Waals surface area (Å²) in [7, 11) is -1.95. The first-order chi connectivity index (χ1) is 18.9. The molecule has 0 saturated heterocycles. The van der Waals surface area contributed by atoms with E-state index in [1.165, 1.54) is 13.3 Å². The van der Waals surface area contributed by atoms with E-state index in [1.807, 2.05) is 6.92 Å². The number of unbranched alkanes of at least 4 members (excludes halogenated alkanes) is 2. The van der Waals surface area contributed by atoms with Gasteiger partial charge in [-0.3, -0.25) is 0 Å². The smallest absolute Gasteiger partial charge is 0.461 e. The number of nitrogen functional groups attached to an aromatic ring is 1. The Hall–Kier alpha value is -2.73. The third kappa shape index (κ3) is 11.0. The Morgan fingerprint density at radius 2 is 1.93 bits per heavy atom. The number of aromatic nitrogens is 4. The van der Waals surface area contributed by atoms with E-state index in [2.05, 4.69) is 27.0 Å². The lowest BCUT2D eigenvalue weighted by molar-refractivity contribution is -0.157. The standard InChI is InChI=1S/C18H30N6O4P.C8H14O3/c1-5-6-7-8-27-17(25)18(3,4)23-29(26)12-28-13(2)9-24-11-22-14-15(19)20-10-21-16(14)24;1-6(9)8(10)11-7-4-2-3-5-7/h10-11,13H,5-9,12H2,1-4H3,(H,23,26)(H2,19,20,21);6-7,9H,2-5H2,1H3/q+1;. The predicted octanol–water partition coefficient (Wildman–Crippen LogP) is 3.47. The Balaban J connectivity index is 0.000000425. The van der Waals surface area contributed by atoms with Gasteiger partial charge in [-0.2, -0.15) is 0 Å². The van der Waals surface area contributed by atoms with Crippen molar-refractivity contribution in [3.63, 3.8) is 0 Å². The van der Waals surface area contributed by atoms with E-state index in [9.17, 15) is 14.2 Å². The second kappa shape index (κ2) is 16.5. The number of ether oxygens (including phenoxy) is 3. The molecule has 1 fully saturated rings. The van der Waals surface area contributed by atoms with Gasteiger partial charge in [-0.1, -0.05) is 24.9 Å². The molecule has 13 nitrogen and oxygen atoms in total. The summed E-state index contributed by atoms with van der Waals surface area (Å²) in [5, 5.41) is 11.6. The van der Waals surface area contributed by atoms with E-state index in [-0.39, 0.29) is 18.6 Å². The number of hydrogen-bond acceptors (Lipinski definition) is 11. The average molecular weight is 584 g/mol. The third-order valence-electron chi connectivity index (χ3n) is 6.18. The van der Waals surface area contributed by atoms with E-state index in [0.717, 1.165) is 44.9 Å². The Morgan fingerprint density at radius 1 is 1.23 bits per heavy atom. The maximum atomic E-state index is 12.4. The van der Waals surface area contributed by atoms with Crippen molar-refractivity contribution in [2.75, 3.05) is 18.7 Å². The zero-order chi connectivity index (χ0) is 29.7. The molecule has 1 aliphatic carbocycles. The minimum atomic E-state index is -1.95. The van der Waals surface area contributed by atoms with Gasteiger partial charge in [-0.25, -0.2) is 24.5 Å². The van der Waals surface area contributed by atoms with Crippen LogP contribution in [0.2, 0.25) is 0 Å². The minimum Gasteiger partial charge on any atom is -0.464 e. The number of hydrogen-bond donors (Lipinski definition) is 3. The van der Waals surface area contributed by atoms with Crippen LogP contribution in [-0.4, -0.2) is 73.4 Å². The predicted molar refractivity (Wildman–Crippen MR) is 150 cm³/mol. The van der Waals surface area contributed by atoms with Crippen LogP contribution < -0.4 is 10.8 Å². The number of carbonyl (C=O) groups is 2. The molecule has 2 aromatic rings. The van der Waals surface area contributed by atoms with Gasteiger partial charge < -0.3 is 29.6 Å². The lowest BCUT2D eigenvalue weighted by Crippen LogP contribution is -2.44. The molecule has 14 heteroatoms. The van der Waals surface area contributed by atoms with Crippen LogP contribution in [0.25, 0.3) is 11.2 Å². The number of esters is 2. The fraction of sp³-hybridized carbons (Fsp3) is 0.731. The van der Waals surface area contributed by atoms with Crippen LogP contribution in [0.1, 0.15) is 79.6 Å². The monoisotopic (exact) mass is 583 g/mol. The molecule has 1 aliphatic rings. The molecule has 2 aromatic heterocycles. The molecule has 2 heterocycles. The van der Waals surface area contributed by atoms with Crippen LogP contribution in [0.4, 0.5) is 5.82 Å². The molecule has 4 N–H and O–H groups in total. The van der Waals surface area contributed by atoms with Gasteiger partial charge in [0.2, 0.25) is 0 Å². The van der Waals surface area contributed by atoms with Crippen molar-refractivity contribution in [3.8, 4) is 0 Å². The summed E-state index contributed by atoms with van der Waals surface area (Å²) in [5.74, 6) is -0.595. The Morgan fingerprint density at radius 3 is 2.58 bits per heavy atom. The number of imidazole rings is 1. The summed E-state index contributed by atoms with van der Waals surface area (Å²) >= 11 is 0. The Bertz CT molecular complexity index is 1100. The SMILES string of the molecule is CC(O)C(=O)OC1CCCC1.CCCCCOC(=O)C(C)(C)N[P+](=O)COC(C)Cn1cnc2c(N)ncnc21. The number of nitrogens with one attached hydrogen (secondary N) is 1. The van der Waals surface area contributed by atoms with Gasteiger partial charge in [0.05, 0.1) is 25.6 Å². The number of nitrogens with zero attached hydrogens (tertiary/aromatic N) is 4. The topological polar surface area (TPSA) is 181 Å². The number of rotatable bonds is 14. The van der Waals surface area contributed by atoms with Gasteiger partial charge in [-0.15, -0.1) is 0 Å². The summed E-state index contributed by atoms with van der Waals surface area (Å²) in [4.78, 5) is 35.3. The van der Waals surface area contributed by atoms with Crippen molar-refractivity contribution < 1.29 is 33.5 Å². The highest BCUT2D eigenvalue weighted by atomic mass is 31.1. The number of anilines is 1. The molecule has 224 valence electrons. The number of aliphatic hydroxyl groups excluding tert-OH is 1. The molecule has 0 aliphatic heterocycles. The number of nitrogens with two attached hydrogens (primary N) is 1. The van der Waals surface area contributed by atoms with Crippen molar-refractivity contribution in [2.24, 2.45) is 0 Å². The summed E-state index contributed by atoms with van der Waals surface area (Å²) in [6.45, 7) is 9.48. The summed E-state index contributed by atoms with van der Waals surface area (Å²) in [6.07, 6.45) is 8.86. The first-order valence-electron chi connectivity index (χ1n) is 13.8. The van der Waals surface area contributed by atoms with Gasteiger partial charge in [0.25, 0.3) is 6.35 Å². The Labute approximate surface area is 236 Å². The van der Waals surface area contributed by atoms with Crippen molar-refractivity contribution in [1.29, 1.82) is 0 Å². The second-order valence-electron chi connectivity index (χ2n) is 10.4. The highest BCUT2D eigenvalue weighted by Crippen LogP contribution is 2.23. The molecule has 40 heavy (non-hydrogen) atoms. The maximum Gasteiger partial charge on any atom is 0.461 e. The molecular weight excluding hydrogens is 539 g/mol. The Kier molecular flexibility index (Phi) is 13.8. The van der Waals surface area contributed by atoms with Crippen LogP contribution in [0.5, 0.6) is 0 Å². The van der Waals surface area contributed by atoms with Gasteiger partial charge in [0.1, 0.15) is 24.1 Å². The minimum absolute atomic E-state index is 0.0349. The van der Waals surface area contributed by atoms with E-state index >= 15 is 0 Å². The first kappa shape index (κ1) is 33.5. The number of aliphatic hydroxyl groups is 1. The van der Waals surface area contributed by atoms with E-state index in [1.54, 1.807) is 24.7 Å². The molecule has 3 unspecified atom stereocenters. The lowest BCUT2D eigenvalue weighted by atomic mass is 10.1. The number of carbonyl (C=O) groups excluding carboxylic acids is 2. The molecule has 0 spiro atoms. The quantitative estimate of drug-likeness (QED) is 0.168. The maximum absolute atomic E-state index is 12.4. The molecular formula is C26H44N6O7P+. The third-order valence-corrected chi connectivity index (χ3v) is 7.37. The van der Waals surface area contributed by atoms with Gasteiger partial charge >= 0.3 is 19.9 Å². The van der Waals surface area contributed by atoms with E-state index in [0.29, 0.717) is 30.1 Å². The largest absolute Gasteiger partial charge is 0.464 e. The zero-order valence-corrected chi connectivity index (χ0v) is 25.1.